The van der Waals surface area contributed by atoms with E-state index >= 15 is 0 Å². The first-order valence-electron chi connectivity index (χ1n) is 6.30. The zero-order valence-electron chi connectivity index (χ0n) is 11.1. The molecule has 4 nitrogen and oxygen atoms in total. The summed E-state index contributed by atoms with van der Waals surface area (Å²) in [4.78, 5) is 6.93. The Morgan fingerprint density at radius 3 is 3.00 bits per heavy atom. The summed E-state index contributed by atoms with van der Waals surface area (Å²) in [6.45, 7) is 6.53. The third-order valence-electron chi connectivity index (χ3n) is 3.15. The second-order valence-electron chi connectivity index (χ2n) is 4.77. The fourth-order valence-electron chi connectivity index (χ4n) is 2.15. The lowest BCUT2D eigenvalue weighted by molar-refractivity contribution is 0.0340. The monoisotopic (exact) mass is 269 g/mol. The summed E-state index contributed by atoms with van der Waals surface area (Å²) in [5.74, 6) is 0.979. The molecule has 1 aromatic rings. The molecule has 1 fully saturated rings. The highest BCUT2D eigenvalue weighted by atomic mass is 35.5. The average Bonchev–Trinajstić information content (AvgIpc) is 2.35. The summed E-state index contributed by atoms with van der Waals surface area (Å²) < 4.78 is 5.64. The lowest BCUT2D eigenvalue weighted by Gasteiger charge is -2.37. The number of pyridine rings is 1. The van der Waals surface area contributed by atoms with Crippen LogP contribution in [0.15, 0.2) is 12.1 Å². The Bertz CT molecular complexity index is 413. The smallest absolute Gasteiger partial charge is 0.129 e. The van der Waals surface area contributed by atoms with Gasteiger partial charge in [0.25, 0.3) is 0 Å². The second kappa shape index (κ2) is 5.87. The first kappa shape index (κ1) is 13.6. The number of hydrogen-bond donors (Lipinski definition) is 1. The highest BCUT2D eigenvalue weighted by molar-refractivity contribution is 6.31. The molecule has 2 rings (SSSR count). The molecule has 0 saturated carbocycles. The van der Waals surface area contributed by atoms with E-state index in [4.69, 9.17) is 16.3 Å². The lowest BCUT2D eigenvalue weighted by atomic mass is 10.2. The predicted octanol–water partition coefficient (Wildman–Crippen LogP) is 2.07. The van der Waals surface area contributed by atoms with Crippen molar-refractivity contribution >= 4 is 17.4 Å². The van der Waals surface area contributed by atoms with Crippen molar-refractivity contribution in [1.82, 2.24) is 10.3 Å². The van der Waals surface area contributed by atoms with Gasteiger partial charge in [-0.2, -0.15) is 0 Å². The second-order valence-corrected chi connectivity index (χ2v) is 5.18. The molecule has 5 heteroatoms. The van der Waals surface area contributed by atoms with E-state index in [0.717, 1.165) is 24.7 Å². The van der Waals surface area contributed by atoms with Crippen molar-refractivity contribution in [3.63, 3.8) is 0 Å². The Morgan fingerprint density at radius 1 is 1.50 bits per heavy atom. The number of ether oxygens (including phenoxy) is 1. The average molecular weight is 270 g/mol. The SMILES string of the molecule is CNCc1nc(N2CC(C)OCC2C)ccc1Cl. The van der Waals surface area contributed by atoms with Crippen LogP contribution in [-0.2, 0) is 11.3 Å². The van der Waals surface area contributed by atoms with Crippen molar-refractivity contribution in [2.24, 2.45) is 0 Å². The Morgan fingerprint density at radius 2 is 2.28 bits per heavy atom. The van der Waals surface area contributed by atoms with Gasteiger partial charge in [0.05, 0.1) is 29.5 Å². The number of anilines is 1. The quantitative estimate of drug-likeness (QED) is 0.912. The number of nitrogens with one attached hydrogen (secondary N) is 1. The highest BCUT2D eigenvalue weighted by Crippen LogP contribution is 2.23. The van der Waals surface area contributed by atoms with Crippen molar-refractivity contribution in [3.05, 3.63) is 22.8 Å². The maximum atomic E-state index is 6.13. The molecule has 1 aliphatic rings. The van der Waals surface area contributed by atoms with Gasteiger partial charge in [-0.05, 0) is 33.0 Å². The van der Waals surface area contributed by atoms with E-state index < -0.39 is 0 Å². The molecule has 1 aliphatic heterocycles. The highest BCUT2D eigenvalue weighted by Gasteiger charge is 2.24. The van der Waals surface area contributed by atoms with Crippen LogP contribution in [0, 0.1) is 0 Å². The summed E-state index contributed by atoms with van der Waals surface area (Å²) in [6, 6.07) is 4.25. The van der Waals surface area contributed by atoms with Gasteiger partial charge >= 0.3 is 0 Å². The van der Waals surface area contributed by atoms with Crippen LogP contribution in [0.3, 0.4) is 0 Å². The van der Waals surface area contributed by atoms with Crippen LogP contribution in [0.4, 0.5) is 5.82 Å². The minimum Gasteiger partial charge on any atom is -0.375 e. The van der Waals surface area contributed by atoms with Gasteiger partial charge in [-0.1, -0.05) is 11.6 Å². The van der Waals surface area contributed by atoms with Gasteiger partial charge in [0.1, 0.15) is 5.82 Å². The van der Waals surface area contributed by atoms with Gasteiger partial charge in [-0.15, -0.1) is 0 Å². The molecule has 0 spiro atoms. The zero-order valence-corrected chi connectivity index (χ0v) is 11.9. The van der Waals surface area contributed by atoms with Crippen LogP contribution in [0.2, 0.25) is 5.02 Å². The molecule has 0 amide bonds. The molecule has 1 aromatic heterocycles. The van der Waals surface area contributed by atoms with Crippen LogP contribution >= 0.6 is 11.6 Å². The van der Waals surface area contributed by atoms with Gasteiger partial charge in [-0.3, -0.25) is 0 Å². The van der Waals surface area contributed by atoms with E-state index in [9.17, 15) is 0 Å². The van der Waals surface area contributed by atoms with Gasteiger partial charge in [0.2, 0.25) is 0 Å². The van der Waals surface area contributed by atoms with E-state index in [-0.39, 0.29) is 6.10 Å². The molecule has 18 heavy (non-hydrogen) atoms. The molecule has 2 heterocycles. The minimum atomic E-state index is 0.242. The van der Waals surface area contributed by atoms with Crippen molar-refractivity contribution in [2.75, 3.05) is 25.1 Å². The number of nitrogens with zero attached hydrogens (tertiary/aromatic N) is 2. The normalized spacial score (nSPS) is 24.3. The van der Waals surface area contributed by atoms with Crippen LogP contribution < -0.4 is 10.2 Å². The molecular weight excluding hydrogens is 250 g/mol. The topological polar surface area (TPSA) is 37.4 Å². The van der Waals surface area contributed by atoms with Gasteiger partial charge < -0.3 is 15.0 Å². The maximum absolute atomic E-state index is 6.13. The van der Waals surface area contributed by atoms with Gasteiger partial charge in [-0.25, -0.2) is 4.98 Å². The fraction of sp³-hybridized carbons (Fsp3) is 0.615. The van der Waals surface area contributed by atoms with E-state index in [1.807, 2.05) is 19.2 Å². The molecule has 2 atom stereocenters. The third kappa shape index (κ3) is 2.94. The molecule has 0 bridgehead atoms. The molecule has 1 N–H and O–H groups in total. The number of hydrogen-bond acceptors (Lipinski definition) is 4. The summed E-state index contributed by atoms with van der Waals surface area (Å²) >= 11 is 6.13. The largest absolute Gasteiger partial charge is 0.375 e. The van der Waals surface area contributed by atoms with Crippen molar-refractivity contribution in [3.8, 4) is 0 Å². The Labute approximate surface area is 113 Å². The van der Waals surface area contributed by atoms with Crippen LogP contribution in [0.1, 0.15) is 19.5 Å². The molecule has 0 aromatic carbocycles. The summed E-state index contributed by atoms with van der Waals surface area (Å²) in [7, 11) is 1.89. The lowest BCUT2D eigenvalue weighted by Crippen LogP contribution is -2.47. The minimum absolute atomic E-state index is 0.242. The first-order valence-corrected chi connectivity index (χ1v) is 6.68. The van der Waals surface area contributed by atoms with E-state index in [1.165, 1.54) is 0 Å². The Balaban J connectivity index is 2.23. The van der Waals surface area contributed by atoms with Crippen LogP contribution in [0.5, 0.6) is 0 Å². The van der Waals surface area contributed by atoms with Crippen molar-refractivity contribution in [1.29, 1.82) is 0 Å². The molecule has 0 aliphatic carbocycles. The molecule has 0 radical (unpaired) electrons. The Hall–Kier alpha value is -0.840. The molecule has 100 valence electrons. The molecular formula is C13H20ClN3O. The summed E-state index contributed by atoms with van der Waals surface area (Å²) in [6.07, 6.45) is 0.242. The van der Waals surface area contributed by atoms with E-state index in [2.05, 4.69) is 29.0 Å². The van der Waals surface area contributed by atoms with E-state index in [0.29, 0.717) is 17.6 Å². The molecule has 1 saturated heterocycles. The van der Waals surface area contributed by atoms with Gasteiger partial charge in [0.15, 0.2) is 0 Å². The Kier molecular flexibility index (Phi) is 4.43. The standard InChI is InChI=1S/C13H20ClN3O/c1-9-8-18-10(2)7-17(9)13-5-4-11(14)12(16-13)6-15-3/h4-5,9-10,15H,6-8H2,1-3H3. The number of morpholine rings is 1. The predicted molar refractivity (Wildman–Crippen MR) is 74.2 cm³/mol. The van der Waals surface area contributed by atoms with Crippen LogP contribution in [0.25, 0.3) is 0 Å². The van der Waals surface area contributed by atoms with Crippen molar-refractivity contribution in [2.45, 2.75) is 32.5 Å². The van der Waals surface area contributed by atoms with E-state index in [1.54, 1.807) is 0 Å². The maximum Gasteiger partial charge on any atom is 0.129 e. The number of aromatic nitrogens is 1. The first-order chi connectivity index (χ1) is 8.61. The summed E-state index contributed by atoms with van der Waals surface area (Å²) in [5, 5.41) is 3.80. The summed E-state index contributed by atoms with van der Waals surface area (Å²) in [5.41, 5.74) is 0.892. The zero-order chi connectivity index (χ0) is 13.1. The number of rotatable bonds is 3. The number of halogens is 1. The van der Waals surface area contributed by atoms with Gasteiger partial charge in [0, 0.05) is 13.1 Å². The van der Waals surface area contributed by atoms with Crippen molar-refractivity contribution < 1.29 is 4.74 Å². The molecule has 2 unspecified atom stereocenters. The van der Waals surface area contributed by atoms with Crippen LogP contribution in [-0.4, -0.2) is 37.3 Å². The third-order valence-corrected chi connectivity index (χ3v) is 3.49. The fourth-order valence-corrected chi connectivity index (χ4v) is 2.32.